The molecule has 7 heteroatoms. The molecule has 1 aromatic carbocycles. The molecule has 0 aliphatic carbocycles. The van der Waals surface area contributed by atoms with E-state index >= 15 is 0 Å². The van der Waals surface area contributed by atoms with Crippen molar-refractivity contribution in [2.45, 2.75) is 25.9 Å². The third kappa shape index (κ3) is 3.74. The SMILES string of the molecule is Cc1nccn1CC(O)c1ccc(OC(F)(F)F)cc1. The first-order valence-corrected chi connectivity index (χ1v) is 5.86. The topological polar surface area (TPSA) is 47.3 Å². The van der Waals surface area contributed by atoms with Crippen LogP contribution in [0.5, 0.6) is 5.75 Å². The molecule has 4 nitrogen and oxygen atoms in total. The first-order chi connectivity index (χ1) is 9.35. The van der Waals surface area contributed by atoms with Crippen LogP contribution >= 0.6 is 0 Å². The lowest BCUT2D eigenvalue weighted by atomic mass is 10.1. The maximum Gasteiger partial charge on any atom is 0.573 e. The van der Waals surface area contributed by atoms with Gasteiger partial charge in [0.15, 0.2) is 0 Å². The summed E-state index contributed by atoms with van der Waals surface area (Å²) in [5.74, 6) is 0.438. The third-order valence-electron chi connectivity index (χ3n) is 2.79. The van der Waals surface area contributed by atoms with Crippen molar-refractivity contribution in [2.75, 3.05) is 0 Å². The van der Waals surface area contributed by atoms with E-state index < -0.39 is 12.5 Å². The van der Waals surface area contributed by atoms with Gasteiger partial charge in [-0.15, -0.1) is 13.2 Å². The van der Waals surface area contributed by atoms with Crippen molar-refractivity contribution in [1.82, 2.24) is 9.55 Å². The fraction of sp³-hybridized carbons (Fsp3) is 0.308. The van der Waals surface area contributed by atoms with Crippen LogP contribution in [0.3, 0.4) is 0 Å². The van der Waals surface area contributed by atoms with Crippen molar-refractivity contribution in [2.24, 2.45) is 0 Å². The summed E-state index contributed by atoms with van der Waals surface area (Å²) in [5, 5.41) is 10.0. The van der Waals surface area contributed by atoms with E-state index in [1.54, 1.807) is 23.9 Å². The summed E-state index contributed by atoms with van der Waals surface area (Å²) in [6, 6.07) is 5.15. The maximum absolute atomic E-state index is 12.0. The Kier molecular flexibility index (Phi) is 3.99. The zero-order valence-electron chi connectivity index (χ0n) is 10.6. The van der Waals surface area contributed by atoms with Crippen LogP contribution in [-0.2, 0) is 6.54 Å². The van der Waals surface area contributed by atoms with Crippen LogP contribution in [0.15, 0.2) is 36.7 Å². The second kappa shape index (κ2) is 5.54. The van der Waals surface area contributed by atoms with Gasteiger partial charge in [0.25, 0.3) is 0 Å². The Bertz CT molecular complexity index is 564. The van der Waals surface area contributed by atoms with Gasteiger partial charge in [-0.05, 0) is 24.6 Å². The highest BCUT2D eigenvalue weighted by Crippen LogP contribution is 2.25. The summed E-state index contributed by atoms with van der Waals surface area (Å²) >= 11 is 0. The molecule has 0 aliphatic rings. The molecule has 0 amide bonds. The number of ether oxygens (including phenoxy) is 1. The van der Waals surface area contributed by atoms with E-state index in [1.807, 2.05) is 0 Å². The summed E-state index contributed by atoms with van der Waals surface area (Å²) < 4.78 is 41.6. The van der Waals surface area contributed by atoms with Gasteiger partial charge in [-0.3, -0.25) is 0 Å². The van der Waals surface area contributed by atoms with E-state index in [1.165, 1.54) is 24.3 Å². The average Bonchev–Trinajstić information content (AvgIpc) is 2.74. The monoisotopic (exact) mass is 286 g/mol. The lowest BCUT2D eigenvalue weighted by Crippen LogP contribution is -2.17. The molecule has 20 heavy (non-hydrogen) atoms. The van der Waals surface area contributed by atoms with Crippen molar-refractivity contribution in [3.63, 3.8) is 0 Å². The molecule has 0 saturated heterocycles. The molecular formula is C13H13F3N2O2. The van der Waals surface area contributed by atoms with Gasteiger partial charge in [0, 0.05) is 12.4 Å². The normalized spacial score (nSPS) is 13.2. The number of hydrogen-bond acceptors (Lipinski definition) is 3. The van der Waals surface area contributed by atoms with E-state index in [4.69, 9.17) is 0 Å². The van der Waals surface area contributed by atoms with E-state index in [0.717, 1.165) is 5.82 Å². The van der Waals surface area contributed by atoms with Crippen LogP contribution in [0.25, 0.3) is 0 Å². The third-order valence-corrected chi connectivity index (χ3v) is 2.79. The van der Waals surface area contributed by atoms with Gasteiger partial charge in [0.05, 0.1) is 12.6 Å². The molecule has 108 valence electrons. The molecule has 0 saturated carbocycles. The van der Waals surface area contributed by atoms with Crippen molar-refractivity contribution < 1.29 is 23.0 Å². The molecule has 1 atom stereocenters. The van der Waals surface area contributed by atoms with E-state index in [9.17, 15) is 18.3 Å². The van der Waals surface area contributed by atoms with Crippen LogP contribution in [-0.4, -0.2) is 21.0 Å². The Labute approximate surface area is 113 Å². The molecule has 0 fully saturated rings. The Morgan fingerprint density at radius 2 is 1.95 bits per heavy atom. The number of aliphatic hydroxyl groups excluding tert-OH is 1. The summed E-state index contributed by atoms with van der Waals surface area (Å²) in [6.07, 6.45) is -2.21. The minimum absolute atomic E-state index is 0.283. The molecule has 0 aliphatic heterocycles. The summed E-state index contributed by atoms with van der Waals surface area (Å²) in [7, 11) is 0. The fourth-order valence-corrected chi connectivity index (χ4v) is 1.78. The second-order valence-corrected chi connectivity index (χ2v) is 4.26. The van der Waals surface area contributed by atoms with Crippen LogP contribution in [0.1, 0.15) is 17.5 Å². The largest absolute Gasteiger partial charge is 0.573 e. The molecule has 1 heterocycles. The smallest absolute Gasteiger partial charge is 0.406 e. The quantitative estimate of drug-likeness (QED) is 0.940. The van der Waals surface area contributed by atoms with Crippen LogP contribution < -0.4 is 4.74 Å². The van der Waals surface area contributed by atoms with Gasteiger partial charge in [-0.1, -0.05) is 12.1 Å². The Morgan fingerprint density at radius 3 is 2.45 bits per heavy atom. The number of nitrogens with zero attached hydrogens (tertiary/aromatic N) is 2. The molecule has 0 bridgehead atoms. The summed E-state index contributed by atoms with van der Waals surface area (Å²) in [4.78, 5) is 4.02. The van der Waals surface area contributed by atoms with Crippen molar-refractivity contribution >= 4 is 0 Å². The average molecular weight is 286 g/mol. The first-order valence-electron chi connectivity index (χ1n) is 5.86. The van der Waals surface area contributed by atoms with E-state index in [2.05, 4.69) is 9.72 Å². The van der Waals surface area contributed by atoms with Gasteiger partial charge in [0.2, 0.25) is 0 Å². The van der Waals surface area contributed by atoms with Crippen molar-refractivity contribution in [1.29, 1.82) is 0 Å². The number of halogens is 3. The maximum atomic E-state index is 12.0. The predicted octanol–water partition coefficient (Wildman–Crippen LogP) is 2.82. The standard InChI is InChI=1S/C13H13F3N2O2/c1-9-17-6-7-18(9)8-12(19)10-2-4-11(5-3-10)20-13(14,15)16/h2-7,12,19H,8H2,1H3. The Balaban J connectivity index is 2.04. The molecule has 0 radical (unpaired) electrons. The molecule has 1 aromatic heterocycles. The number of alkyl halides is 3. The molecule has 1 unspecified atom stereocenters. The number of rotatable bonds is 4. The minimum atomic E-state index is -4.71. The first kappa shape index (κ1) is 14.4. The summed E-state index contributed by atoms with van der Waals surface area (Å²) in [6.45, 7) is 2.08. The van der Waals surface area contributed by atoms with Gasteiger partial charge in [0.1, 0.15) is 11.6 Å². The van der Waals surface area contributed by atoms with Crippen molar-refractivity contribution in [3.05, 3.63) is 48.0 Å². The zero-order valence-corrected chi connectivity index (χ0v) is 10.6. The molecular weight excluding hydrogens is 273 g/mol. The number of imidazole rings is 1. The van der Waals surface area contributed by atoms with Crippen LogP contribution in [0.4, 0.5) is 13.2 Å². The van der Waals surface area contributed by atoms with Gasteiger partial charge in [-0.25, -0.2) is 4.98 Å². The summed E-state index contributed by atoms with van der Waals surface area (Å²) in [5.41, 5.74) is 0.507. The van der Waals surface area contributed by atoms with Gasteiger partial charge in [-0.2, -0.15) is 0 Å². The Hall–Kier alpha value is -2.02. The molecule has 0 spiro atoms. The van der Waals surface area contributed by atoms with Crippen LogP contribution in [0.2, 0.25) is 0 Å². The van der Waals surface area contributed by atoms with Gasteiger partial charge >= 0.3 is 6.36 Å². The molecule has 1 N–H and O–H groups in total. The molecule has 2 aromatic rings. The van der Waals surface area contributed by atoms with Crippen molar-refractivity contribution in [3.8, 4) is 5.75 Å². The fourth-order valence-electron chi connectivity index (χ4n) is 1.78. The van der Waals surface area contributed by atoms with E-state index in [-0.39, 0.29) is 12.3 Å². The highest BCUT2D eigenvalue weighted by molar-refractivity contribution is 5.28. The number of hydrogen-bond donors (Lipinski definition) is 1. The lowest BCUT2D eigenvalue weighted by Gasteiger charge is -2.14. The highest BCUT2D eigenvalue weighted by Gasteiger charge is 2.31. The Morgan fingerprint density at radius 1 is 1.30 bits per heavy atom. The molecule has 2 rings (SSSR count). The number of aliphatic hydroxyl groups is 1. The van der Waals surface area contributed by atoms with Crippen LogP contribution in [0, 0.1) is 6.92 Å². The predicted molar refractivity (Wildman–Crippen MR) is 65.0 cm³/mol. The number of aromatic nitrogens is 2. The minimum Gasteiger partial charge on any atom is -0.406 e. The highest BCUT2D eigenvalue weighted by atomic mass is 19.4. The van der Waals surface area contributed by atoms with Gasteiger partial charge < -0.3 is 14.4 Å². The van der Waals surface area contributed by atoms with E-state index in [0.29, 0.717) is 5.56 Å². The number of benzene rings is 1. The lowest BCUT2D eigenvalue weighted by molar-refractivity contribution is -0.274. The zero-order chi connectivity index (χ0) is 14.8. The number of aryl methyl sites for hydroxylation is 1. The second-order valence-electron chi connectivity index (χ2n) is 4.26.